The van der Waals surface area contributed by atoms with Crippen LogP contribution >= 0.6 is 34.8 Å². The lowest BCUT2D eigenvalue weighted by Gasteiger charge is -2.34. The van der Waals surface area contributed by atoms with E-state index in [-0.39, 0.29) is 29.1 Å². The van der Waals surface area contributed by atoms with Crippen LogP contribution in [0.4, 0.5) is 18.9 Å². The van der Waals surface area contributed by atoms with Gasteiger partial charge in [-0.15, -0.1) is 0 Å². The van der Waals surface area contributed by atoms with Crippen molar-refractivity contribution in [2.45, 2.75) is 56.9 Å². The van der Waals surface area contributed by atoms with Gasteiger partial charge in [-0.2, -0.15) is 13.2 Å². The second-order valence-corrected chi connectivity index (χ2v) is 14.0. The monoisotopic (exact) mass is 703 g/mol. The highest BCUT2D eigenvalue weighted by Crippen LogP contribution is 2.37. The van der Waals surface area contributed by atoms with Crippen LogP contribution in [-0.2, 0) is 38.8 Å². The molecule has 0 heterocycles. The summed E-state index contributed by atoms with van der Waals surface area (Å²) in [6.45, 7) is -1.06. The highest BCUT2D eigenvalue weighted by atomic mass is 35.5. The maximum Gasteiger partial charge on any atom is 0.417 e. The molecule has 1 aliphatic rings. The Balaban J connectivity index is 1.77. The summed E-state index contributed by atoms with van der Waals surface area (Å²) >= 11 is 18.1. The summed E-state index contributed by atoms with van der Waals surface area (Å²) in [5.41, 5.74) is -0.426. The van der Waals surface area contributed by atoms with Gasteiger partial charge in [-0.3, -0.25) is 13.9 Å². The van der Waals surface area contributed by atoms with Crippen LogP contribution in [0.25, 0.3) is 0 Å². The van der Waals surface area contributed by atoms with Gasteiger partial charge in [0.2, 0.25) is 21.8 Å². The number of sulfonamides is 1. The molecule has 1 N–H and O–H groups in total. The molecule has 0 aliphatic heterocycles. The largest absolute Gasteiger partial charge is 0.417 e. The summed E-state index contributed by atoms with van der Waals surface area (Å²) < 4.78 is 67.4. The molecule has 1 fully saturated rings. The van der Waals surface area contributed by atoms with Crippen molar-refractivity contribution in [2.24, 2.45) is 0 Å². The van der Waals surface area contributed by atoms with Crippen molar-refractivity contribution in [1.29, 1.82) is 0 Å². The summed E-state index contributed by atoms with van der Waals surface area (Å²) in [5.74, 6) is -1.26. The Morgan fingerprint density at radius 3 is 2.16 bits per heavy atom. The summed E-state index contributed by atoms with van der Waals surface area (Å²) in [7, 11) is -4.29. The van der Waals surface area contributed by atoms with Crippen LogP contribution in [0.3, 0.4) is 0 Å². The lowest BCUT2D eigenvalue weighted by Crippen LogP contribution is -2.54. The van der Waals surface area contributed by atoms with Crippen LogP contribution in [0.5, 0.6) is 0 Å². The molecule has 2 amide bonds. The highest BCUT2D eigenvalue weighted by molar-refractivity contribution is 7.92. The third-order valence-corrected chi connectivity index (χ3v) is 9.74. The molecule has 3 aromatic carbocycles. The average Bonchev–Trinajstić information content (AvgIpc) is 3.48. The van der Waals surface area contributed by atoms with Crippen molar-refractivity contribution in [1.82, 2.24) is 10.2 Å². The molecule has 14 heteroatoms. The van der Waals surface area contributed by atoms with Crippen molar-refractivity contribution < 1.29 is 31.2 Å². The van der Waals surface area contributed by atoms with Crippen LogP contribution in [0.2, 0.25) is 15.1 Å². The van der Waals surface area contributed by atoms with Crippen molar-refractivity contribution in [3.05, 3.63) is 98.5 Å². The first-order valence-electron chi connectivity index (χ1n) is 14.1. The number of carbonyl (C=O) groups excluding carboxylic acids is 2. The van der Waals surface area contributed by atoms with Gasteiger partial charge in [0, 0.05) is 19.0 Å². The summed E-state index contributed by atoms with van der Waals surface area (Å²) in [6, 6.07) is 15.1. The van der Waals surface area contributed by atoms with E-state index in [0.29, 0.717) is 15.9 Å². The van der Waals surface area contributed by atoms with E-state index in [1.54, 1.807) is 36.4 Å². The highest BCUT2D eigenvalue weighted by Gasteiger charge is 2.37. The molecule has 242 valence electrons. The first kappa shape index (κ1) is 34.9. The maximum absolute atomic E-state index is 14.2. The number of amides is 2. The molecule has 0 spiro atoms. The second kappa shape index (κ2) is 14.6. The Morgan fingerprint density at radius 1 is 0.911 bits per heavy atom. The van der Waals surface area contributed by atoms with Crippen molar-refractivity contribution in [2.75, 3.05) is 17.1 Å². The Kier molecular flexibility index (Phi) is 11.3. The SMILES string of the molecule is CS(=O)(=O)N(CC(=O)N(Cc1ccc(Cl)c(Cl)c1)[C@@H](Cc1ccccc1)C(=O)NC1CCCC1)c1ccc(Cl)c(C(F)(F)F)c1. The summed E-state index contributed by atoms with van der Waals surface area (Å²) in [6.07, 6.45) is -0.548. The fourth-order valence-corrected chi connectivity index (χ4v) is 6.64. The van der Waals surface area contributed by atoms with Gasteiger partial charge in [-0.05, 0) is 54.3 Å². The normalized spacial score (nSPS) is 14.6. The van der Waals surface area contributed by atoms with Crippen LogP contribution in [0.15, 0.2) is 66.7 Å². The maximum atomic E-state index is 14.2. The third-order valence-electron chi connectivity index (χ3n) is 7.53. The minimum absolute atomic E-state index is 0.0833. The van der Waals surface area contributed by atoms with Crippen LogP contribution < -0.4 is 9.62 Å². The minimum Gasteiger partial charge on any atom is -0.352 e. The Bertz CT molecular complexity index is 1640. The molecule has 7 nitrogen and oxygen atoms in total. The number of benzene rings is 3. The Hall–Kier alpha value is -2.99. The number of rotatable bonds is 11. The Morgan fingerprint density at radius 2 is 1.56 bits per heavy atom. The van der Waals surface area contributed by atoms with E-state index in [9.17, 15) is 31.2 Å². The molecular weight excluding hydrogens is 674 g/mol. The molecule has 3 aromatic rings. The third kappa shape index (κ3) is 9.28. The molecule has 0 saturated heterocycles. The number of hydrogen-bond acceptors (Lipinski definition) is 4. The smallest absolute Gasteiger partial charge is 0.352 e. The first-order valence-corrected chi connectivity index (χ1v) is 17.0. The second-order valence-electron chi connectivity index (χ2n) is 10.9. The summed E-state index contributed by atoms with van der Waals surface area (Å²) in [4.78, 5) is 29.3. The molecule has 1 atom stereocenters. The van der Waals surface area contributed by atoms with Gasteiger partial charge in [-0.1, -0.05) is 84.0 Å². The van der Waals surface area contributed by atoms with Crippen molar-refractivity contribution in [3.8, 4) is 0 Å². The number of anilines is 1. The zero-order valence-electron chi connectivity index (χ0n) is 24.2. The van der Waals surface area contributed by atoms with E-state index < -0.39 is 56.9 Å². The van der Waals surface area contributed by atoms with Crippen LogP contribution in [-0.4, -0.2) is 50.0 Å². The lowest BCUT2D eigenvalue weighted by molar-refractivity contribution is -0.140. The van der Waals surface area contributed by atoms with Gasteiger partial charge >= 0.3 is 6.18 Å². The van der Waals surface area contributed by atoms with E-state index in [1.165, 1.54) is 17.0 Å². The molecule has 45 heavy (non-hydrogen) atoms. The molecule has 4 rings (SSSR count). The number of carbonyl (C=O) groups is 2. The zero-order valence-corrected chi connectivity index (χ0v) is 27.2. The van der Waals surface area contributed by atoms with E-state index in [1.807, 2.05) is 0 Å². The fourth-order valence-electron chi connectivity index (χ4n) is 5.26. The van der Waals surface area contributed by atoms with Crippen molar-refractivity contribution >= 4 is 62.3 Å². The lowest BCUT2D eigenvalue weighted by atomic mass is 10.0. The van der Waals surface area contributed by atoms with Gasteiger partial charge < -0.3 is 10.2 Å². The van der Waals surface area contributed by atoms with E-state index >= 15 is 0 Å². The van der Waals surface area contributed by atoms with Crippen LogP contribution in [0.1, 0.15) is 42.4 Å². The topological polar surface area (TPSA) is 86.8 Å². The quantitative estimate of drug-likeness (QED) is 0.230. The van der Waals surface area contributed by atoms with Gasteiger partial charge in [0.25, 0.3) is 0 Å². The van der Waals surface area contributed by atoms with E-state index in [2.05, 4.69) is 5.32 Å². The Labute approximate surface area is 275 Å². The van der Waals surface area contributed by atoms with Crippen molar-refractivity contribution in [3.63, 3.8) is 0 Å². The molecule has 1 saturated carbocycles. The van der Waals surface area contributed by atoms with Gasteiger partial charge in [0.1, 0.15) is 12.6 Å². The van der Waals surface area contributed by atoms with E-state index in [0.717, 1.165) is 49.6 Å². The van der Waals surface area contributed by atoms with Gasteiger partial charge in [0.05, 0.1) is 32.6 Å². The predicted octanol–water partition coefficient (Wildman–Crippen LogP) is 7.13. The molecule has 0 aromatic heterocycles. The fraction of sp³-hybridized carbons (Fsp3) is 0.355. The number of nitrogens with zero attached hydrogens (tertiary/aromatic N) is 2. The average molecular weight is 705 g/mol. The molecule has 0 unspecified atom stereocenters. The number of hydrogen-bond donors (Lipinski definition) is 1. The molecule has 1 aliphatic carbocycles. The number of alkyl halides is 3. The standard InChI is InChI=1S/C31H31Cl3F3N3O4S/c1-45(43,44)40(23-12-14-25(32)24(17-23)31(35,36)37)19-29(41)39(18-21-11-13-26(33)27(34)15-21)28(16-20-7-3-2-4-8-20)30(42)38-22-9-5-6-10-22/h2-4,7-8,11-15,17,22,28H,5-6,9-10,16,18-19H2,1H3,(H,38,42)/t28-/m0/s1. The summed E-state index contributed by atoms with van der Waals surface area (Å²) in [5, 5.41) is 2.88. The first-order chi connectivity index (χ1) is 21.1. The van der Waals surface area contributed by atoms with Gasteiger partial charge in [0.15, 0.2) is 0 Å². The predicted molar refractivity (Wildman–Crippen MR) is 170 cm³/mol. The minimum atomic E-state index is -4.88. The molecular formula is C31H31Cl3F3N3O4S. The zero-order chi connectivity index (χ0) is 32.9. The van der Waals surface area contributed by atoms with E-state index in [4.69, 9.17) is 34.8 Å². The van der Waals surface area contributed by atoms with Gasteiger partial charge in [-0.25, -0.2) is 8.42 Å². The molecule has 0 bridgehead atoms. The molecule has 0 radical (unpaired) electrons. The number of nitrogens with one attached hydrogen (secondary N) is 1. The number of halogens is 6. The van der Waals surface area contributed by atoms with Crippen LogP contribution in [0, 0.1) is 0 Å².